The Morgan fingerprint density at radius 1 is 1.43 bits per heavy atom. The van der Waals surface area contributed by atoms with E-state index < -0.39 is 17.5 Å². The molecule has 2 atom stereocenters. The summed E-state index contributed by atoms with van der Waals surface area (Å²) >= 11 is 0. The summed E-state index contributed by atoms with van der Waals surface area (Å²) in [5, 5.41) is 9.75. The van der Waals surface area contributed by atoms with Crippen LogP contribution in [0.1, 0.15) is 13.8 Å². The van der Waals surface area contributed by atoms with Crippen LogP contribution in [0.4, 0.5) is 0 Å². The highest BCUT2D eigenvalue weighted by atomic mass is 16.5. The highest BCUT2D eigenvalue weighted by molar-refractivity contribution is 5.88. The molecular formula is C9H17NO4. The minimum Gasteiger partial charge on any atom is -0.467 e. The molecule has 0 unspecified atom stereocenters. The third-order valence-electron chi connectivity index (χ3n) is 2.25. The van der Waals surface area contributed by atoms with E-state index in [1.165, 1.54) is 25.9 Å². The number of methoxy groups -OCH3 is 1. The Hall–Kier alpha value is -1.10. The fourth-order valence-electron chi connectivity index (χ4n) is 1.01. The number of hydrogen-bond acceptors (Lipinski definition) is 4. The van der Waals surface area contributed by atoms with Crippen LogP contribution in [-0.2, 0) is 14.3 Å². The Morgan fingerprint density at radius 3 is 2.14 bits per heavy atom. The third kappa shape index (κ3) is 2.45. The van der Waals surface area contributed by atoms with E-state index >= 15 is 0 Å². The lowest BCUT2D eigenvalue weighted by Crippen LogP contribution is -2.49. The molecule has 5 heteroatoms. The quantitative estimate of drug-likeness (QED) is 0.636. The Balaban J connectivity index is 4.74. The van der Waals surface area contributed by atoms with Crippen LogP contribution in [-0.4, -0.2) is 48.7 Å². The van der Waals surface area contributed by atoms with Gasteiger partial charge in [-0.1, -0.05) is 6.92 Å². The molecule has 0 heterocycles. The molecule has 0 aliphatic rings. The van der Waals surface area contributed by atoms with Gasteiger partial charge in [-0.3, -0.25) is 4.79 Å². The fraction of sp³-hybridized carbons (Fsp3) is 0.778. The zero-order valence-electron chi connectivity index (χ0n) is 9.20. The SMILES string of the molecule is COC(=O)[C@](C)(O)[C@H](C)C(=O)N(C)C. The number of rotatable bonds is 3. The van der Waals surface area contributed by atoms with Crippen LogP contribution in [0, 0.1) is 5.92 Å². The highest BCUT2D eigenvalue weighted by Crippen LogP contribution is 2.19. The molecule has 0 aliphatic heterocycles. The predicted molar refractivity (Wildman–Crippen MR) is 50.5 cm³/mol. The highest BCUT2D eigenvalue weighted by Gasteiger charge is 2.42. The molecule has 0 saturated heterocycles. The molecule has 0 bridgehead atoms. The molecule has 0 aromatic heterocycles. The lowest BCUT2D eigenvalue weighted by molar-refractivity contribution is -0.170. The van der Waals surface area contributed by atoms with E-state index in [-0.39, 0.29) is 5.91 Å². The maximum Gasteiger partial charge on any atom is 0.338 e. The van der Waals surface area contributed by atoms with Crippen molar-refractivity contribution in [2.75, 3.05) is 21.2 Å². The molecule has 5 nitrogen and oxygen atoms in total. The van der Waals surface area contributed by atoms with Crippen LogP contribution >= 0.6 is 0 Å². The van der Waals surface area contributed by atoms with Crippen molar-refractivity contribution >= 4 is 11.9 Å². The summed E-state index contributed by atoms with van der Waals surface area (Å²) in [5.74, 6) is -1.95. The molecule has 0 fully saturated rings. The van der Waals surface area contributed by atoms with Gasteiger partial charge in [-0.2, -0.15) is 0 Å². The summed E-state index contributed by atoms with van der Waals surface area (Å²) < 4.78 is 4.41. The van der Waals surface area contributed by atoms with Gasteiger partial charge in [-0.05, 0) is 6.92 Å². The molecule has 1 N–H and O–H groups in total. The van der Waals surface area contributed by atoms with Crippen molar-refractivity contribution in [1.29, 1.82) is 0 Å². The normalized spacial score (nSPS) is 16.7. The standard InChI is InChI=1S/C9H17NO4/c1-6(7(11)10(3)4)9(2,13)8(12)14-5/h6,13H,1-5H3/t6-,9-/m1/s1. The number of amides is 1. The van der Waals surface area contributed by atoms with E-state index in [2.05, 4.69) is 4.74 Å². The van der Waals surface area contributed by atoms with E-state index in [0.717, 1.165) is 0 Å². The van der Waals surface area contributed by atoms with Gasteiger partial charge in [0.1, 0.15) is 0 Å². The lowest BCUT2D eigenvalue weighted by Gasteiger charge is -2.28. The smallest absolute Gasteiger partial charge is 0.338 e. The van der Waals surface area contributed by atoms with E-state index in [1.54, 1.807) is 14.1 Å². The predicted octanol–water partition coefficient (Wildman–Crippen LogP) is -0.365. The van der Waals surface area contributed by atoms with Crippen LogP contribution < -0.4 is 0 Å². The molecule has 0 radical (unpaired) electrons. The molecule has 0 aromatic carbocycles. The first kappa shape index (κ1) is 12.9. The van der Waals surface area contributed by atoms with Gasteiger partial charge in [0, 0.05) is 14.1 Å². The van der Waals surface area contributed by atoms with Crippen molar-refractivity contribution in [3.63, 3.8) is 0 Å². The number of nitrogens with zero attached hydrogens (tertiary/aromatic N) is 1. The van der Waals surface area contributed by atoms with Crippen LogP contribution in [0.2, 0.25) is 0 Å². The average molecular weight is 203 g/mol. The molecule has 0 rings (SSSR count). The minimum atomic E-state index is -1.78. The molecular weight excluding hydrogens is 186 g/mol. The second-order valence-electron chi connectivity index (χ2n) is 3.59. The summed E-state index contributed by atoms with van der Waals surface area (Å²) in [7, 11) is 4.29. The average Bonchev–Trinajstić information content (AvgIpc) is 2.13. The van der Waals surface area contributed by atoms with Crippen molar-refractivity contribution < 1.29 is 19.4 Å². The first-order valence-electron chi connectivity index (χ1n) is 4.27. The van der Waals surface area contributed by atoms with Crippen molar-refractivity contribution in [3.8, 4) is 0 Å². The third-order valence-corrected chi connectivity index (χ3v) is 2.25. The van der Waals surface area contributed by atoms with Crippen molar-refractivity contribution in [3.05, 3.63) is 0 Å². The number of aliphatic hydroxyl groups is 1. The zero-order chi connectivity index (χ0) is 11.5. The van der Waals surface area contributed by atoms with Gasteiger partial charge < -0.3 is 14.7 Å². The lowest BCUT2D eigenvalue weighted by atomic mass is 9.90. The topological polar surface area (TPSA) is 66.8 Å². The molecule has 0 aromatic rings. The monoisotopic (exact) mass is 203 g/mol. The van der Waals surface area contributed by atoms with Crippen LogP contribution in [0.5, 0.6) is 0 Å². The molecule has 0 aliphatic carbocycles. The minimum absolute atomic E-state index is 0.319. The first-order valence-corrected chi connectivity index (χ1v) is 4.27. The maximum absolute atomic E-state index is 11.5. The zero-order valence-corrected chi connectivity index (χ0v) is 9.20. The summed E-state index contributed by atoms with van der Waals surface area (Å²) in [4.78, 5) is 23.9. The van der Waals surface area contributed by atoms with Crippen molar-refractivity contribution in [2.24, 2.45) is 5.92 Å². The number of esters is 1. The van der Waals surface area contributed by atoms with Crippen LogP contribution in [0.15, 0.2) is 0 Å². The molecule has 1 amide bonds. The maximum atomic E-state index is 11.5. The van der Waals surface area contributed by atoms with Gasteiger partial charge in [-0.25, -0.2) is 4.79 Å². The van der Waals surface area contributed by atoms with Gasteiger partial charge >= 0.3 is 5.97 Å². The Morgan fingerprint density at radius 2 is 1.86 bits per heavy atom. The molecule has 14 heavy (non-hydrogen) atoms. The fourth-order valence-corrected chi connectivity index (χ4v) is 1.01. The summed E-state index contributed by atoms with van der Waals surface area (Å²) in [5.41, 5.74) is -1.78. The second kappa shape index (κ2) is 4.41. The van der Waals surface area contributed by atoms with Crippen LogP contribution in [0.3, 0.4) is 0 Å². The van der Waals surface area contributed by atoms with E-state index in [1.807, 2.05) is 0 Å². The van der Waals surface area contributed by atoms with Crippen molar-refractivity contribution in [1.82, 2.24) is 4.90 Å². The van der Waals surface area contributed by atoms with Gasteiger partial charge in [0.15, 0.2) is 5.60 Å². The largest absolute Gasteiger partial charge is 0.467 e. The number of hydrogen-bond donors (Lipinski definition) is 1. The number of carbonyl (C=O) groups excluding carboxylic acids is 2. The van der Waals surface area contributed by atoms with Gasteiger partial charge in [-0.15, -0.1) is 0 Å². The van der Waals surface area contributed by atoms with Gasteiger partial charge in [0.2, 0.25) is 5.91 Å². The van der Waals surface area contributed by atoms with Gasteiger partial charge in [0.25, 0.3) is 0 Å². The second-order valence-corrected chi connectivity index (χ2v) is 3.59. The van der Waals surface area contributed by atoms with E-state index in [9.17, 15) is 14.7 Å². The van der Waals surface area contributed by atoms with E-state index in [4.69, 9.17) is 0 Å². The number of carbonyl (C=O) groups is 2. The summed E-state index contributed by atoms with van der Waals surface area (Å²) in [6, 6.07) is 0. The molecule has 82 valence electrons. The van der Waals surface area contributed by atoms with Gasteiger partial charge in [0.05, 0.1) is 13.0 Å². The Bertz CT molecular complexity index is 235. The molecule has 0 saturated carbocycles. The van der Waals surface area contributed by atoms with E-state index in [0.29, 0.717) is 0 Å². The molecule has 0 spiro atoms. The number of ether oxygens (including phenoxy) is 1. The first-order chi connectivity index (χ1) is 6.25. The van der Waals surface area contributed by atoms with Crippen molar-refractivity contribution in [2.45, 2.75) is 19.4 Å². The van der Waals surface area contributed by atoms with Crippen LogP contribution in [0.25, 0.3) is 0 Å². The Kier molecular flexibility index (Phi) is 4.07. The summed E-state index contributed by atoms with van der Waals surface area (Å²) in [6.07, 6.45) is 0. The Labute approximate surface area is 83.6 Å². The summed E-state index contributed by atoms with van der Waals surface area (Å²) in [6.45, 7) is 2.75.